The molecule has 124 valence electrons. The molecule has 0 saturated heterocycles. The van der Waals surface area contributed by atoms with Crippen LogP contribution in [-0.2, 0) is 0 Å². The van der Waals surface area contributed by atoms with Gasteiger partial charge in [0.1, 0.15) is 17.7 Å². The molecule has 0 aliphatic carbocycles. The topological polar surface area (TPSA) is 58.8 Å². The zero-order valence-electron chi connectivity index (χ0n) is 12.7. The number of hydrogen-bond acceptors (Lipinski definition) is 4. The predicted molar refractivity (Wildman–Crippen MR) is 88.9 cm³/mol. The maximum atomic E-state index is 13.7. The van der Waals surface area contributed by atoms with Crippen LogP contribution in [0.2, 0.25) is 5.02 Å². The fourth-order valence-electron chi connectivity index (χ4n) is 2.14. The Morgan fingerprint density at radius 1 is 1.00 bits per heavy atom. The van der Waals surface area contributed by atoms with Crippen LogP contribution < -0.4 is 4.74 Å². The lowest BCUT2D eigenvalue weighted by Crippen LogP contribution is -2.00. The first-order valence-corrected chi connectivity index (χ1v) is 7.55. The molecule has 3 aromatic rings. The quantitative estimate of drug-likeness (QED) is 0.682. The highest BCUT2D eigenvalue weighted by atomic mass is 35.5. The summed E-state index contributed by atoms with van der Waals surface area (Å²) in [7, 11) is 0. The molecule has 0 amide bonds. The van der Waals surface area contributed by atoms with Gasteiger partial charge in [0.25, 0.3) is 0 Å². The van der Waals surface area contributed by atoms with Crippen molar-refractivity contribution in [3.63, 3.8) is 0 Å². The van der Waals surface area contributed by atoms with Crippen molar-refractivity contribution in [2.24, 2.45) is 0 Å². The molecule has 1 heterocycles. The van der Waals surface area contributed by atoms with Crippen molar-refractivity contribution >= 4 is 11.6 Å². The third-order valence-electron chi connectivity index (χ3n) is 3.31. The third-order valence-corrected chi connectivity index (χ3v) is 3.61. The van der Waals surface area contributed by atoms with E-state index in [1.807, 2.05) is 6.07 Å². The zero-order valence-corrected chi connectivity index (χ0v) is 13.5. The third kappa shape index (κ3) is 3.90. The summed E-state index contributed by atoms with van der Waals surface area (Å²) in [5.41, 5.74) is 1.47. The molecule has 2 aromatic carbocycles. The predicted octanol–water partition coefficient (Wildman–Crippen LogP) is 4.64. The Labute approximate surface area is 147 Å². The molecule has 4 nitrogen and oxygen atoms in total. The second kappa shape index (κ2) is 7.24. The number of aromatic nitrogens is 2. The van der Waals surface area contributed by atoms with Gasteiger partial charge < -0.3 is 4.74 Å². The van der Waals surface area contributed by atoms with Crippen LogP contribution in [0, 0.1) is 23.0 Å². The first-order valence-electron chi connectivity index (χ1n) is 7.17. The lowest BCUT2D eigenvalue weighted by Gasteiger charge is -2.09. The van der Waals surface area contributed by atoms with Crippen LogP contribution in [0.5, 0.6) is 5.88 Å². The van der Waals surface area contributed by atoms with Crippen molar-refractivity contribution in [3.8, 4) is 34.6 Å². The van der Waals surface area contributed by atoms with E-state index in [4.69, 9.17) is 21.6 Å². The maximum Gasteiger partial charge on any atom is 0.218 e. The van der Waals surface area contributed by atoms with Crippen LogP contribution in [0.15, 0.2) is 48.5 Å². The molecular weight excluding hydrogens is 348 g/mol. The second-order valence-corrected chi connectivity index (χ2v) is 5.40. The van der Waals surface area contributed by atoms with Gasteiger partial charge in [0.15, 0.2) is 12.4 Å². The number of halogens is 3. The van der Waals surface area contributed by atoms with Crippen LogP contribution in [0.1, 0.15) is 0 Å². The molecule has 0 atom stereocenters. The van der Waals surface area contributed by atoms with Crippen molar-refractivity contribution in [1.82, 2.24) is 9.97 Å². The molecular formula is C18H10ClF2N3O. The lowest BCUT2D eigenvalue weighted by atomic mass is 10.1. The van der Waals surface area contributed by atoms with E-state index in [2.05, 4.69) is 9.97 Å². The van der Waals surface area contributed by atoms with Gasteiger partial charge >= 0.3 is 0 Å². The smallest absolute Gasteiger partial charge is 0.218 e. The van der Waals surface area contributed by atoms with E-state index in [1.54, 1.807) is 18.2 Å². The Hall–Kier alpha value is -3.04. The summed E-state index contributed by atoms with van der Waals surface area (Å²) in [6, 6.07) is 13.3. The fourth-order valence-corrected chi connectivity index (χ4v) is 2.26. The molecule has 0 fully saturated rings. The zero-order chi connectivity index (χ0) is 17.8. The standard InChI is InChI=1S/C18H10ClF2N3O/c19-14-6-3-12(9-15(14)21)18-23-16(10-17(24-18)25-8-7-22)11-1-4-13(20)5-2-11/h1-6,9-10H,8H2. The molecule has 3 rings (SSSR count). The highest BCUT2D eigenvalue weighted by Gasteiger charge is 2.12. The number of rotatable bonds is 4. The number of nitrogens with zero attached hydrogens (tertiary/aromatic N) is 3. The van der Waals surface area contributed by atoms with Crippen molar-refractivity contribution in [3.05, 3.63) is 65.2 Å². The average Bonchev–Trinajstić information content (AvgIpc) is 2.62. The number of ether oxygens (including phenoxy) is 1. The summed E-state index contributed by atoms with van der Waals surface area (Å²) in [5.74, 6) is -0.625. The monoisotopic (exact) mass is 357 g/mol. The van der Waals surface area contributed by atoms with Gasteiger partial charge in [-0.3, -0.25) is 0 Å². The lowest BCUT2D eigenvalue weighted by molar-refractivity contribution is 0.353. The van der Waals surface area contributed by atoms with E-state index in [0.29, 0.717) is 16.8 Å². The van der Waals surface area contributed by atoms with Gasteiger partial charge in [0, 0.05) is 17.2 Å². The van der Waals surface area contributed by atoms with Crippen LogP contribution in [-0.4, -0.2) is 16.6 Å². The number of benzene rings is 2. The minimum Gasteiger partial charge on any atom is -0.462 e. The minimum absolute atomic E-state index is 0.0145. The van der Waals surface area contributed by atoms with E-state index < -0.39 is 5.82 Å². The van der Waals surface area contributed by atoms with Gasteiger partial charge in [-0.1, -0.05) is 11.6 Å². The van der Waals surface area contributed by atoms with Gasteiger partial charge in [-0.2, -0.15) is 10.2 Å². The van der Waals surface area contributed by atoms with Gasteiger partial charge in [0.2, 0.25) is 5.88 Å². The molecule has 0 unspecified atom stereocenters. The van der Waals surface area contributed by atoms with Crippen LogP contribution in [0.25, 0.3) is 22.6 Å². The van der Waals surface area contributed by atoms with E-state index in [0.717, 1.165) is 0 Å². The summed E-state index contributed by atoms with van der Waals surface area (Å²) in [5, 5.41) is 8.66. The van der Waals surface area contributed by atoms with E-state index in [-0.39, 0.29) is 29.2 Å². The molecule has 0 bridgehead atoms. The number of hydrogen-bond donors (Lipinski definition) is 0. The Balaban J connectivity index is 2.10. The van der Waals surface area contributed by atoms with E-state index >= 15 is 0 Å². The Bertz CT molecular complexity index is 956. The van der Waals surface area contributed by atoms with Crippen LogP contribution >= 0.6 is 11.6 Å². The minimum atomic E-state index is -0.602. The summed E-state index contributed by atoms with van der Waals surface area (Å²) >= 11 is 5.70. The van der Waals surface area contributed by atoms with Crippen molar-refractivity contribution in [2.75, 3.05) is 6.61 Å². The molecule has 0 aliphatic rings. The Morgan fingerprint density at radius 2 is 1.72 bits per heavy atom. The SMILES string of the molecule is N#CCOc1cc(-c2ccc(F)cc2)nc(-c2ccc(Cl)c(F)c2)n1. The average molecular weight is 358 g/mol. The molecule has 7 heteroatoms. The van der Waals surface area contributed by atoms with Gasteiger partial charge in [0.05, 0.1) is 10.7 Å². The second-order valence-electron chi connectivity index (χ2n) is 5.00. The maximum absolute atomic E-state index is 13.7. The van der Waals surface area contributed by atoms with Gasteiger partial charge in [-0.15, -0.1) is 0 Å². The first-order chi connectivity index (χ1) is 12.1. The molecule has 0 N–H and O–H groups in total. The summed E-state index contributed by atoms with van der Waals surface area (Å²) in [6.45, 7) is -0.200. The Kier molecular flexibility index (Phi) is 4.87. The summed E-state index contributed by atoms with van der Waals surface area (Å²) in [6.07, 6.45) is 0. The molecule has 0 saturated carbocycles. The summed E-state index contributed by atoms with van der Waals surface area (Å²) < 4.78 is 32.1. The molecule has 0 radical (unpaired) electrons. The van der Waals surface area contributed by atoms with Crippen molar-refractivity contribution < 1.29 is 13.5 Å². The first kappa shape index (κ1) is 16.8. The van der Waals surface area contributed by atoms with Crippen molar-refractivity contribution in [2.45, 2.75) is 0 Å². The normalized spacial score (nSPS) is 10.3. The molecule has 1 aromatic heterocycles. The van der Waals surface area contributed by atoms with E-state index in [9.17, 15) is 8.78 Å². The van der Waals surface area contributed by atoms with Crippen LogP contribution in [0.3, 0.4) is 0 Å². The largest absolute Gasteiger partial charge is 0.462 e. The van der Waals surface area contributed by atoms with Gasteiger partial charge in [-0.25, -0.2) is 13.8 Å². The van der Waals surface area contributed by atoms with Crippen LogP contribution in [0.4, 0.5) is 8.78 Å². The van der Waals surface area contributed by atoms with Gasteiger partial charge in [-0.05, 0) is 42.5 Å². The molecule has 25 heavy (non-hydrogen) atoms. The fraction of sp³-hybridized carbons (Fsp3) is 0.0556. The van der Waals surface area contributed by atoms with E-state index in [1.165, 1.54) is 30.3 Å². The molecule has 0 aliphatic heterocycles. The molecule has 0 spiro atoms. The Morgan fingerprint density at radius 3 is 2.40 bits per heavy atom. The summed E-state index contributed by atoms with van der Waals surface area (Å²) in [4.78, 5) is 8.56. The highest BCUT2D eigenvalue weighted by Crippen LogP contribution is 2.27. The number of nitriles is 1. The van der Waals surface area contributed by atoms with Crippen molar-refractivity contribution in [1.29, 1.82) is 5.26 Å². The highest BCUT2D eigenvalue weighted by molar-refractivity contribution is 6.30.